The van der Waals surface area contributed by atoms with E-state index in [0.717, 1.165) is 23.1 Å². The number of nitrogens with zero attached hydrogens (tertiary/aromatic N) is 5. The van der Waals surface area contributed by atoms with Gasteiger partial charge in [0.1, 0.15) is 5.60 Å². The van der Waals surface area contributed by atoms with Crippen LogP contribution in [-0.4, -0.2) is 49.1 Å². The van der Waals surface area contributed by atoms with Crippen molar-refractivity contribution in [2.45, 2.75) is 47.1 Å². The summed E-state index contributed by atoms with van der Waals surface area (Å²) < 4.78 is 5.44. The third kappa shape index (κ3) is 4.34. The van der Waals surface area contributed by atoms with E-state index in [0.29, 0.717) is 43.0 Å². The number of rotatable bonds is 3. The minimum Gasteiger partial charge on any atom is -0.444 e. The van der Waals surface area contributed by atoms with Gasteiger partial charge in [0.15, 0.2) is 6.29 Å². The van der Waals surface area contributed by atoms with E-state index in [2.05, 4.69) is 14.9 Å². The number of carbonyl (C=O) groups excluding carboxylic acids is 2. The van der Waals surface area contributed by atoms with Crippen molar-refractivity contribution in [3.8, 4) is 0 Å². The maximum atomic E-state index is 12.3. The van der Waals surface area contributed by atoms with E-state index < -0.39 is 5.60 Å². The molecule has 27 heavy (non-hydrogen) atoms. The van der Waals surface area contributed by atoms with Crippen molar-refractivity contribution in [2.24, 2.45) is 5.11 Å². The molecule has 1 aliphatic heterocycles. The molecule has 1 aromatic carbocycles. The summed E-state index contributed by atoms with van der Waals surface area (Å²) in [6, 6.07) is 0. The maximum absolute atomic E-state index is 12.3. The Morgan fingerprint density at radius 1 is 1.11 bits per heavy atom. The summed E-state index contributed by atoms with van der Waals surface area (Å²) in [6.07, 6.45) is 0.490. The topological polar surface area (TPSA) is 98.6 Å². The molecule has 0 N–H and O–H groups in total. The Balaban J connectivity index is 2.30. The van der Waals surface area contributed by atoms with Crippen LogP contribution in [0.5, 0.6) is 0 Å². The number of anilines is 1. The van der Waals surface area contributed by atoms with Crippen LogP contribution in [0.15, 0.2) is 5.11 Å². The monoisotopic (exact) mass is 373 g/mol. The Hall–Kier alpha value is -2.73. The molecule has 1 heterocycles. The molecule has 146 valence electrons. The van der Waals surface area contributed by atoms with Crippen LogP contribution >= 0.6 is 0 Å². The highest BCUT2D eigenvalue weighted by Gasteiger charge is 2.28. The summed E-state index contributed by atoms with van der Waals surface area (Å²) in [5.41, 5.74) is 12.7. The van der Waals surface area contributed by atoms with Crippen molar-refractivity contribution >= 4 is 23.8 Å². The van der Waals surface area contributed by atoms with Crippen LogP contribution in [0.4, 0.5) is 16.2 Å². The quantitative estimate of drug-likeness (QED) is 0.339. The van der Waals surface area contributed by atoms with Crippen molar-refractivity contribution in [1.82, 2.24) is 4.90 Å². The summed E-state index contributed by atoms with van der Waals surface area (Å²) >= 11 is 0. The predicted octanol–water partition coefficient (Wildman–Crippen LogP) is 4.42. The van der Waals surface area contributed by atoms with Gasteiger partial charge in [0.2, 0.25) is 0 Å². The first-order valence-corrected chi connectivity index (χ1v) is 8.97. The average Bonchev–Trinajstić information content (AvgIpc) is 2.58. The lowest BCUT2D eigenvalue weighted by atomic mass is 9.94. The largest absolute Gasteiger partial charge is 0.444 e. The van der Waals surface area contributed by atoms with E-state index in [-0.39, 0.29) is 6.09 Å². The van der Waals surface area contributed by atoms with Gasteiger partial charge in [0, 0.05) is 48.0 Å². The van der Waals surface area contributed by atoms with Crippen LogP contribution in [0.2, 0.25) is 0 Å². The molecular weight excluding hydrogens is 346 g/mol. The molecule has 8 nitrogen and oxygen atoms in total. The summed E-state index contributed by atoms with van der Waals surface area (Å²) in [6.45, 7) is 13.4. The summed E-state index contributed by atoms with van der Waals surface area (Å²) in [5, 5.41) is 3.80. The van der Waals surface area contributed by atoms with Crippen molar-refractivity contribution in [3.63, 3.8) is 0 Å². The fraction of sp³-hybridized carbons (Fsp3) is 0.579. The zero-order chi connectivity index (χ0) is 20.4. The number of benzene rings is 1. The van der Waals surface area contributed by atoms with E-state index in [1.165, 1.54) is 0 Å². The summed E-state index contributed by atoms with van der Waals surface area (Å²) in [5.74, 6) is 0. The van der Waals surface area contributed by atoms with Crippen LogP contribution in [0.1, 0.15) is 47.8 Å². The van der Waals surface area contributed by atoms with Gasteiger partial charge in [0.25, 0.3) is 0 Å². The van der Waals surface area contributed by atoms with Gasteiger partial charge in [-0.05, 0) is 63.8 Å². The van der Waals surface area contributed by atoms with Crippen LogP contribution in [0.25, 0.3) is 10.4 Å². The van der Waals surface area contributed by atoms with E-state index in [1.54, 1.807) is 11.8 Å². The molecule has 0 unspecified atom stereocenters. The van der Waals surface area contributed by atoms with E-state index in [9.17, 15) is 9.59 Å². The first kappa shape index (κ1) is 20.6. The highest BCUT2D eigenvalue weighted by molar-refractivity contribution is 5.88. The molecule has 0 saturated carbocycles. The molecule has 1 fully saturated rings. The molecular formula is C19H27N5O3. The molecule has 1 aromatic rings. The lowest BCUT2D eigenvalue weighted by molar-refractivity contribution is 0.0240. The molecule has 0 bridgehead atoms. The Kier molecular flexibility index (Phi) is 6.01. The van der Waals surface area contributed by atoms with Crippen LogP contribution in [0, 0.1) is 20.8 Å². The number of aldehydes is 1. The van der Waals surface area contributed by atoms with Crippen LogP contribution < -0.4 is 4.90 Å². The Morgan fingerprint density at radius 2 is 1.70 bits per heavy atom. The van der Waals surface area contributed by atoms with Gasteiger partial charge >= 0.3 is 6.09 Å². The van der Waals surface area contributed by atoms with E-state index in [4.69, 9.17) is 10.3 Å². The van der Waals surface area contributed by atoms with Crippen LogP contribution in [-0.2, 0) is 4.74 Å². The molecule has 0 spiro atoms. The molecule has 0 aromatic heterocycles. The summed E-state index contributed by atoms with van der Waals surface area (Å²) in [4.78, 5) is 30.6. The van der Waals surface area contributed by atoms with Crippen molar-refractivity contribution in [2.75, 3.05) is 31.1 Å². The number of ether oxygens (including phenoxy) is 1. The van der Waals surface area contributed by atoms with Crippen LogP contribution in [0.3, 0.4) is 0 Å². The Labute approximate surface area is 159 Å². The van der Waals surface area contributed by atoms with Gasteiger partial charge in [-0.25, -0.2) is 4.79 Å². The van der Waals surface area contributed by atoms with Crippen molar-refractivity contribution in [3.05, 3.63) is 32.7 Å². The molecule has 0 radical (unpaired) electrons. The minimum absolute atomic E-state index is 0.317. The molecule has 1 aliphatic rings. The number of carbonyl (C=O) groups is 2. The third-order valence-corrected chi connectivity index (χ3v) is 4.74. The number of azide groups is 1. The SMILES string of the molecule is Cc1c(C=O)c(C)c(N2CCN(C(=O)OC(C)(C)C)CC2)c(C)c1N=[N+]=[N-]. The molecule has 1 saturated heterocycles. The number of hydrogen-bond donors (Lipinski definition) is 0. The van der Waals surface area contributed by atoms with Gasteiger partial charge in [-0.15, -0.1) is 0 Å². The predicted molar refractivity (Wildman–Crippen MR) is 105 cm³/mol. The smallest absolute Gasteiger partial charge is 0.410 e. The fourth-order valence-electron chi connectivity index (χ4n) is 3.50. The third-order valence-electron chi connectivity index (χ3n) is 4.74. The second kappa shape index (κ2) is 7.88. The molecule has 2 rings (SSSR count). The summed E-state index contributed by atoms with van der Waals surface area (Å²) in [7, 11) is 0. The van der Waals surface area contributed by atoms with Gasteiger partial charge in [-0.3, -0.25) is 4.79 Å². The second-order valence-corrected chi connectivity index (χ2v) is 7.75. The van der Waals surface area contributed by atoms with Gasteiger partial charge in [0.05, 0.1) is 0 Å². The van der Waals surface area contributed by atoms with Gasteiger partial charge in [-0.1, -0.05) is 5.11 Å². The number of hydrogen-bond acceptors (Lipinski definition) is 5. The zero-order valence-electron chi connectivity index (χ0n) is 16.9. The van der Waals surface area contributed by atoms with Crippen molar-refractivity contribution in [1.29, 1.82) is 0 Å². The average molecular weight is 373 g/mol. The Morgan fingerprint density at radius 3 is 2.19 bits per heavy atom. The number of piperazine rings is 1. The second-order valence-electron chi connectivity index (χ2n) is 7.75. The van der Waals surface area contributed by atoms with Crippen molar-refractivity contribution < 1.29 is 14.3 Å². The number of amides is 1. The molecule has 0 aliphatic carbocycles. The Bertz CT molecular complexity index is 799. The first-order chi connectivity index (χ1) is 12.6. The normalized spacial score (nSPS) is 14.6. The minimum atomic E-state index is -0.526. The highest BCUT2D eigenvalue weighted by Crippen LogP contribution is 2.38. The molecule has 1 amide bonds. The molecule has 0 atom stereocenters. The van der Waals surface area contributed by atoms with Gasteiger partial charge in [-0.2, -0.15) is 0 Å². The maximum Gasteiger partial charge on any atom is 0.410 e. The van der Waals surface area contributed by atoms with E-state index in [1.807, 2.05) is 34.6 Å². The lowest BCUT2D eigenvalue weighted by Gasteiger charge is -2.38. The molecule has 8 heteroatoms. The van der Waals surface area contributed by atoms with E-state index >= 15 is 0 Å². The lowest BCUT2D eigenvalue weighted by Crippen LogP contribution is -2.50. The zero-order valence-corrected chi connectivity index (χ0v) is 16.9. The standard InChI is InChI=1S/C19H27N5O3/c1-12-15(11-25)13(2)17(14(3)16(12)21-22-20)23-7-9-24(10-8-23)18(26)27-19(4,5)6/h11H,7-10H2,1-6H3. The first-order valence-electron chi connectivity index (χ1n) is 8.97. The highest BCUT2D eigenvalue weighted by atomic mass is 16.6. The fourth-order valence-corrected chi connectivity index (χ4v) is 3.50. The van der Waals surface area contributed by atoms with Gasteiger partial charge < -0.3 is 14.5 Å².